The molecular formula is C31H54O6. The van der Waals surface area contributed by atoms with Gasteiger partial charge in [0.2, 0.25) is 0 Å². The smallest absolute Gasteiger partial charge is 0.333 e. The van der Waals surface area contributed by atoms with E-state index >= 15 is 0 Å². The van der Waals surface area contributed by atoms with Gasteiger partial charge in [0.15, 0.2) is 0 Å². The molecule has 6 nitrogen and oxygen atoms in total. The van der Waals surface area contributed by atoms with Crippen molar-refractivity contribution in [2.75, 3.05) is 13.2 Å². The molecule has 214 valence electrons. The average Bonchev–Trinajstić information content (AvgIpc) is 2.86. The van der Waals surface area contributed by atoms with Crippen molar-refractivity contribution in [3.63, 3.8) is 0 Å². The number of carboxylic acids is 1. The summed E-state index contributed by atoms with van der Waals surface area (Å²) < 4.78 is 10.1. The largest absolute Gasteiger partial charge is 0.478 e. The van der Waals surface area contributed by atoms with Gasteiger partial charge in [-0.15, -0.1) is 0 Å². The first-order valence-electron chi connectivity index (χ1n) is 14.3. The van der Waals surface area contributed by atoms with Crippen LogP contribution in [0.2, 0.25) is 0 Å². The summed E-state index contributed by atoms with van der Waals surface area (Å²) in [6, 6.07) is 0. The molecule has 0 amide bonds. The molecule has 0 spiro atoms. The van der Waals surface area contributed by atoms with Crippen LogP contribution in [0.25, 0.3) is 0 Å². The fourth-order valence-electron chi connectivity index (χ4n) is 3.41. The summed E-state index contributed by atoms with van der Waals surface area (Å²) in [5.41, 5.74) is 0.769. The first-order chi connectivity index (χ1) is 17.8. The Hall–Kier alpha value is -2.37. The molecule has 0 aromatic carbocycles. The summed E-state index contributed by atoms with van der Waals surface area (Å²) in [5, 5.41) is 8.39. The third kappa shape index (κ3) is 29.7. The van der Waals surface area contributed by atoms with Gasteiger partial charge in [-0.2, -0.15) is 0 Å². The maximum atomic E-state index is 11.5. The van der Waals surface area contributed by atoms with Crippen molar-refractivity contribution in [3.05, 3.63) is 36.5 Å². The second-order valence-corrected chi connectivity index (χ2v) is 9.55. The fourth-order valence-corrected chi connectivity index (χ4v) is 3.41. The van der Waals surface area contributed by atoms with Crippen LogP contribution in [0.5, 0.6) is 0 Å². The molecule has 0 fully saturated rings. The molecule has 0 saturated carbocycles. The van der Waals surface area contributed by atoms with Gasteiger partial charge in [-0.1, -0.05) is 123 Å². The predicted molar refractivity (Wildman–Crippen MR) is 152 cm³/mol. The Morgan fingerprint density at radius 1 is 0.649 bits per heavy atom. The lowest BCUT2D eigenvalue weighted by atomic mass is 10.1. The van der Waals surface area contributed by atoms with E-state index in [9.17, 15) is 14.4 Å². The summed E-state index contributed by atoms with van der Waals surface area (Å²) in [6.07, 6.45) is 22.4. The van der Waals surface area contributed by atoms with E-state index in [-0.39, 0.29) is 18.0 Å². The van der Waals surface area contributed by atoms with Crippen LogP contribution in [0, 0.1) is 0 Å². The highest BCUT2D eigenvalue weighted by Gasteiger charge is 2.06. The standard InChI is InChI=1S/C16H30O2.C15H24O4/c1-4-5-6-7-8-9-10-11-12-13-14-18-16(17)15(2)3;1-3-4-5-6-7-8-12-19-15(18)13(2)10-9-11-14(16)17/h2,4-14H2,1,3H3;9,11H,2-8,10,12H2,1H3,(H,16,17)/b;11-9+. The molecule has 0 aromatic rings. The van der Waals surface area contributed by atoms with Crippen LogP contribution in [0.15, 0.2) is 36.5 Å². The number of unbranched alkanes of at least 4 members (excludes halogenated alkanes) is 14. The van der Waals surface area contributed by atoms with Crippen molar-refractivity contribution in [2.45, 2.75) is 130 Å². The fraction of sp³-hybridized carbons (Fsp3) is 0.710. The minimum atomic E-state index is -1.03. The molecule has 0 aliphatic heterocycles. The van der Waals surface area contributed by atoms with Crippen molar-refractivity contribution in [2.24, 2.45) is 0 Å². The molecule has 0 bridgehead atoms. The normalized spacial score (nSPS) is 10.5. The number of carbonyl (C=O) groups excluding carboxylic acids is 2. The first-order valence-corrected chi connectivity index (χ1v) is 14.3. The van der Waals surface area contributed by atoms with Gasteiger partial charge in [0.25, 0.3) is 0 Å². The van der Waals surface area contributed by atoms with Gasteiger partial charge in [-0.3, -0.25) is 0 Å². The number of carboxylic acid groups (broad SMARTS) is 1. The summed E-state index contributed by atoms with van der Waals surface area (Å²) in [6.45, 7) is 14.2. The lowest BCUT2D eigenvalue weighted by molar-refractivity contribution is -0.140. The van der Waals surface area contributed by atoms with E-state index < -0.39 is 11.9 Å². The van der Waals surface area contributed by atoms with Gasteiger partial charge < -0.3 is 14.6 Å². The number of ether oxygens (including phenoxy) is 2. The Balaban J connectivity index is 0. The molecule has 0 aliphatic carbocycles. The summed E-state index contributed by atoms with van der Waals surface area (Å²) >= 11 is 0. The molecule has 0 radical (unpaired) electrons. The molecule has 1 N–H and O–H groups in total. The van der Waals surface area contributed by atoms with Crippen LogP contribution in [0.1, 0.15) is 130 Å². The third-order valence-electron chi connectivity index (χ3n) is 5.72. The number of aliphatic carboxylic acids is 1. The van der Waals surface area contributed by atoms with Gasteiger partial charge in [0, 0.05) is 17.2 Å². The average molecular weight is 523 g/mol. The number of allylic oxidation sites excluding steroid dienone is 1. The lowest BCUT2D eigenvalue weighted by Gasteiger charge is -2.05. The van der Waals surface area contributed by atoms with E-state index in [1.54, 1.807) is 6.92 Å². The Labute approximate surface area is 226 Å². The molecule has 6 heteroatoms. The molecule has 0 aliphatic rings. The number of hydrogen-bond donors (Lipinski definition) is 1. The van der Waals surface area contributed by atoms with E-state index in [1.165, 1.54) is 89.5 Å². The number of hydrogen-bond acceptors (Lipinski definition) is 5. The van der Waals surface area contributed by atoms with Crippen LogP contribution >= 0.6 is 0 Å². The van der Waals surface area contributed by atoms with E-state index in [1.807, 2.05) is 0 Å². The zero-order chi connectivity index (χ0) is 28.2. The quantitative estimate of drug-likeness (QED) is 0.0822. The second kappa shape index (κ2) is 28.2. The van der Waals surface area contributed by atoms with Gasteiger partial charge in [-0.25, -0.2) is 14.4 Å². The second-order valence-electron chi connectivity index (χ2n) is 9.55. The Morgan fingerprint density at radius 3 is 1.41 bits per heavy atom. The maximum absolute atomic E-state index is 11.5. The Morgan fingerprint density at radius 2 is 1.03 bits per heavy atom. The zero-order valence-electron chi connectivity index (χ0n) is 24.0. The van der Waals surface area contributed by atoms with Gasteiger partial charge in [0.05, 0.1) is 13.2 Å². The third-order valence-corrected chi connectivity index (χ3v) is 5.72. The van der Waals surface area contributed by atoms with Crippen LogP contribution in [0.3, 0.4) is 0 Å². The number of carbonyl (C=O) groups is 3. The highest BCUT2D eigenvalue weighted by Crippen LogP contribution is 2.11. The summed E-state index contributed by atoms with van der Waals surface area (Å²) in [7, 11) is 0. The Bertz CT molecular complexity index is 650. The van der Waals surface area contributed by atoms with Gasteiger partial charge in [-0.05, 0) is 26.2 Å². The lowest BCUT2D eigenvalue weighted by Crippen LogP contribution is -2.08. The summed E-state index contributed by atoms with van der Waals surface area (Å²) in [5.74, 6) is -1.73. The molecule has 0 aromatic heterocycles. The van der Waals surface area contributed by atoms with Crippen LogP contribution < -0.4 is 0 Å². The molecule has 0 saturated heterocycles. The number of esters is 2. The highest BCUT2D eigenvalue weighted by atomic mass is 16.5. The molecule has 37 heavy (non-hydrogen) atoms. The molecule has 0 rings (SSSR count). The Kier molecular flexibility index (Phi) is 28.0. The minimum absolute atomic E-state index is 0.210. The van der Waals surface area contributed by atoms with Crippen LogP contribution in [-0.2, 0) is 23.9 Å². The van der Waals surface area contributed by atoms with Crippen LogP contribution in [-0.4, -0.2) is 36.2 Å². The van der Waals surface area contributed by atoms with Crippen molar-refractivity contribution < 1.29 is 29.0 Å². The van der Waals surface area contributed by atoms with E-state index in [0.29, 0.717) is 18.8 Å². The van der Waals surface area contributed by atoms with E-state index in [4.69, 9.17) is 14.6 Å². The monoisotopic (exact) mass is 522 g/mol. The SMILES string of the molecule is C=C(C)C(=O)OCCCCCCCCCCCC.C=C(C/C=C/C(=O)O)C(=O)OCCCCCCCC. The molecule has 0 atom stereocenters. The van der Waals surface area contributed by atoms with Crippen molar-refractivity contribution in [1.29, 1.82) is 0 Å². The topological polar surface area (TPSA) is 89.9 Å². The molecule has 0 unspecified atom stereocenters. The van der Waals surface area contributed by atoms with Crippen molar-refractivity contribution in [1.82, 2.24) is 0 Å². The van der Waals surface area contributed by atoms with E-state index in [2.05, 4.69) is 27.0 Å². The minimum Gasteiger partial charge on any atom is -0.478 e. The molecular weight excluding hydrogens is 468 g/mol. The summed E-state index contributed by atoms with van der Waals surface area (Å²) in [4.78, 5) is 32.8. The van der Waals surface area contributed by atoms with Gasteiger partial charge in [0.1, 0.15) is 0 Å². The molecule has 0 heterocycles. The van der Waals surface area contributed by atoms with Crippen molar-refractivity contribution >= 4 is 17.9 Å². The van der Waals surface area contributed by atoms with Gasteiger partial charge >= 0.3 is 17.9 Å². The van der Waals surface area contributed by atoms with Crippen LogP contribution in [0.4, 0.5) is 0 Å². The first kappa shape index (κ1) is 36.8. The highest BCUT2D eigenvalue weighted by molar-refractivity contribution is 5.88. The van der Waals surface area contributed by atoms with Crippen molar-refractivity contribution in [3.8, 4) is 0 Å². The number of rotatable bonds is 23. The predicted octanol–water partition coefficient (Wildman–Crippen LogP) is 8.50. The zero-order valence-corrected chi connectivity index (χ0v) is 24.0. The van der Waals surface area contributed by atoms with E-state index in [0.717, 1.165) is 25.3 Å². The maximum Gasteiger partial charge on any atom is 0.333 e.